The van der Waals surface area contributed by atoms with Crippen molar-refractivity contribution in [1.82, 2.24) is 9.88 Å². The number of rotatable bonds is 3. The number of benzene rings is 1. The van der Waals surface area contributed by atoms with Crippen LogP contribution in [0.2, 0.25) is 0 Å². The van der Waals surface area contributed by atoms with E-state index in [-0.39, 0.29) is 0 Å². The van der Waals surface area contributed by atoms with Crippen LogP contribution in [0.15, 0.2) is 24.4 Å². The Morgan fingerprint density at radius 1 is 1.39 bits per heavy atom. The Hall–Kier alpha value is -1.48. The molecule has 3 nitrogen and oxygen atoms in total. The number of aromatic hydroxyl groups is 1. The molecule has 3 heteroatoms. The number of hydrogen-bond donors (Lipinski definition) is 2. The second-order valence-electron chi connectivity index (χ2n) is 5.48. The fourth-order valence-corrected chi connectivity index (χ4v) is 2.90. The monoisotopic (exact) mass is 244 g/mol. The van der Waals surface area contributed by atoms with Gasteiger partial charge in [0.15, 0.2) is 0 Å². The third-order valence-corrected chi connectivity index (χ3v) is 4.36. The van der Waals surface area contributed by atoms with Crippen molar-refractivity contribution >= 4 is 10.9 Å². The number of aromatic amines is 1. The van der Waals surface area contributed by atoms with Crippen molar-refractivity contribution in [3.8, 4) is 5.75 Å². The molecule has 1 aliphatic heterocycles. The summed E-state index contributed by atoms with van der Waals surface area (Å²) >= 11 is 0. The van der Waals surface area contributed by atoms with Gasteiger partial charge >= 0.3 is 0 Å². The predicted octanol–water partition coefficient (Wildman–Crippen LogP) is 2.76. The molecule has 0 saturated carbocycles. The van der Waals surface area contributed by atoms with E-state index >= 15 is 0 Å². The van der Waals surface area contributed by atoms with Gasteiger partial charge in [-0.25, -0.2) is 0 Å². The second-order valence-corrected chi connectivity index (χ2v) is 5.48. The van der Waals surface area contributed by atoms with Gasteiger partial charge in [-0.05, 0) is 37.0 Å². The van der Waals surface area contributed by atoms with Crippen LogP contribution in [0.25, 0.3) is 10.9 Å². The zero-order valence-electron chi connectivity index (χ0n) is 11.0. The maximum Gasteiger partial charge on any atom is 0.125 e. The van der Waals surface area contributed by atoms with Crippen LogP contribution < -0.4 is 0 Å². The first-order valence-corrected chi connectivity index (χ1v) is 6.69. The Morgan fingerprint density at radius 2 is 2.22 bits per heavy atom. The second kappa shape index (κ2) is 4.32. The van der Waals surface area contributed by atoms with Crippen molar-refractivity contribution in [3.63, 3.8) is 0 Å². The van der Waals surface area contributed by atoms with Crippen LogP contribution in [0.3, 0.4) is 0 Å². The van der Waals surface area contributed by atoms with Crippen LogP contribution in [0, 0.1) is 5.92 Å². The van der Waals surface area contributed by atoms with Crippen LogP contribution in [0.5, 0.6) is 5.75 Å². The van der Waals surface area contributed by atoms with E-state index in [2.05, 4.69) is 23.7 Å². The van der Waals surface area contributed by atoms with E-state index in [0.29, 0.717) is 11.8 Å². The van der Waals surface area contributed by atoms with Crippen molar-refractivity contribution in [2.24, 2.45) is 5.92 Å². The van der Waals surface area contributed by atoms with Gasteiger partial charge in [0.25, 0.3) is 0 Å². The molecule has 1 aromatic heterocycles. The molecule has 1 aliphatic rings. The maximum absolute atomic E-state index is 9.94. The smallest absolute Gasteiger partial charge is 0.125 e. The highest BCUT2D eigenvalue weighted by Gasteiger charge is 2.30. The number of phenols is 1. The molecular formula is C15H20N2O. The van der Waals surface area contributed by atoms with Crippen LogP contribution in [0.4, 0.5) is 0 Å². The topological polar surface area (TPSA) is 39.3 Å². The fourth-order valence-electron chi connectivity index (χ4n) is 2.90. The van der Waals surface area contributed by atoms with Gasteiger partial charge in [-0.2, -0.15) is 0 Å². The number of aromatic nitrogens is 1. The lowest BCUT2D eigenvalue weighted by molar-refractivity contribution is 0.0400. The maximum atomic E-state index is 9.94. The molecule has 2 aromatic rings. The lowest BCUT2D eigenvalue weighted by Gasteiger charge is -2.45. The molecule has 3 rings (SSSR count). The number of phenolic OH excluding ortho intramolecular Hbond substituents is 1. The molecule has 18 heavy (non-hydrogen) atoms. The van der Waals surface area contributed by atoms with Crippen molar-refractivity contribution in [3.05, 3.63) is 30.0 Å². The summed E-state index contributed by atoms with van der Waals surface area (Å²) in [4.78, 5) is 5.73. The minimum atomic E-state index is 0.383. The summed E-state index contributed by atoms with van der Waals surface area (Å²) in [6, 6.07) is 6.33. The van der Waals surface area contributed by atoms with Gasteiger partial charge in [0, 0.05) is 36.2 Å². The molecule has 2 N–H and O–H groups in total. The van der Waals surface area contributed by atoms with E-state index in [1.54, 1.807) is 6.07 Å². The number of nitrogens with one attached hydrogen (secondary N) is 1. The third-order valence-electron chi connectivity index (χ3n) is 4.36. The van der Waals surface area contributed by atoms with Crippen LogP contribution in [-0.2, 0) is 6.42 Å². The normalized spacial score (nSPS) is 24.3. The Labute approximate surface area is 107 Å². The predicted molar refractivity (Wildman–Crippen MR) is 73.9 cm³/mol. The summed E-state index contributed by atoms with van der Waals surface area (Å²) in [6.45, 7) is 6.88. The fraction of sp³-hybridized carbons (Fsp3) is 0.467. The highest BCUT2D eigenvalue weighted by atomic mass is 16.3. The average Bonchev–Trinajstić information content (AvgIpc) is 2.78. The van der Waals surface area contributed by atoms with Gasteiger partial charge in [-0.3, -0.25) is 4.90 Å². The molecule has 2 atom stereocenters. The van der Waals surface area contributed by atoms with E-state index in [0.717, 1.165) is 29.8 Å². The van der Waals surface area contributed by atoms with Gasteiger partial charge in [0.1, 0.15) is 5.75 Å². The van der Waals surface area contributed by atoms with Gasteiger partial charge in [0.05, 0.1) is 0 Å². The van der Waals surface area contributed by atoms with Crippen molar-refractivity contribution in [1.29, 1.82) is 0 Å². The minimum absolute atomic E-state index is 0.383. The average molecular weight is 244 g/mol. The number of nitrogens with zero attached hydrogens (tertiary/aromatic N) is 1. The first-order valence-electron chi connectivity index (χ1n) is 6.69. The van der Waals surface area contributed by atoms with Gasteiger partial charge in [-0.1, -0.05) is 13.0 Å². The summed E-state index contributed by atoms with van der Waals surface area (Å²) in [5, 5.41) is 10.9. The van der Waals surface area contributed by atoms with Crippen LogP contribution >= 0.6 is 0 Å². The molecule has 96 valence electrons. The zero-order valence-corrected chi connectivity index (χ0v) is 11.0. The molecule has 0 spiro atoms. The summed E-state index contributed by atoms with van der Waals surface area (Å²) in [5.41, 5.74) is 2.24. The molecule has 1 saturated heterocycles. The van der Waals surface area contributed by atoms with E-state index in [4.69, 9.17) is 0 Å². The SMILES string of the molecule is CC1CN(CCc2c[nH]c3cccc(O)c23)C1C. The molecule has 0 bridgehead atoms. The Balaban J connectivity index is 1.75. The van der Waals surface area contributed by atoms with Gasteiger partial charge in [0.2, 0.25) is 0 Å². The summed E-state index contributed by atoms with van der Waals surface area (Å²) in [5.74, 6) is 1.20. The highest BCUT2D eigenvalue weighted by Crippen LogP contribution is 2.29. The number of hydrogen-bond acceptors (Lipinski definition) is 2. The zero-order chi connectivity index (χ0) is 12.7. The number of fused-ring (bicyclic) bond motifs is 1. The summed E-state index contributed by atoms with van der Waals surface area (Å²) in [6.07, 6.45) is 3.02. The molecule has 2 heterocycles. The molecule has 1 aromatic carbocycles. The van der Waals surface area contributed by atoms with Crippen molar-refractivity contribution in [2.45, 2.75) is 26.3 Å². The lowest BCUT2D eigenvalue weighted by atomic mass is 9.91. The van der Waals surface area contributed by atoms with Crippen LogP contribution in [0.1, 0.15) is 19.4 Å². The van der Waals surface area contributed by atoms with E-state index in [1.165, 1.54) is 12.1 Å². The first-order chi connectivity index (χ1) is 8.66. The molecule has 0 amide bonds. The van der Waals surface area contributed by atoms with Gasteiger partial charge in [-0.15, -0.1) is 0 Å². The third kappa shape index (κ3) is 1.79. The standard InChI is InChI=1S/C15H20N2O/c1-10-9-17(11(10)2)7-6-12-8-16-13-4-3-5-14(18)15(12)13/h3-5,8,10-11,16,18H,6-7,9H2,1-2H3. The van der Waals surface area contributed by atoms with Crippen molar-refractivity contribution < 1.29 is 5.11 Å². The highest BCUT2D eigenvalue weighted by molar-refractivity contribution is 5.88. The number of H-pyrrole nitrogens is 1. The van der Waals surface area contributed by atoms with Crippen LogP contribution in [-0.4, -0.2) is 34.1 Å². The summed E-state index contributed by atoms with van der Waals surface area (Å²) < 4.78 is 0. The van der Waals surface area contributed by atoms with E-state index < -0.39 is 0 Å². The lowest BCUT2D eigenvalue weighted by Crippen LogP contribution is -2.53. The largest absolute Gasteiger partial charge is 0.507 e. The Morgan fingerprint density at radius 3 is 2.94 bits per heavy atom. The Kier molecular flexibility index (Phi) is 2.78. The van der Waals surface area contributed by atoms with E-state index in [9.17, 15) is 5.11 Å². The molecule has 2 unspecified atom stereocenters. The quantitative estimate of drug-likeness (QED) is 0.871. The van der Waals surface area contributed by atoms with Crippen molar-refractivity contribution in [2.75, 3.05) is 13.1 Å². The molecule has 1 fully saturated rings. The molecule has 0 radical (unpaired) electrons. The Bertz CT molecular complexity index is 561. The molecule has 0 aliphatic carbocycles. The molecular weight excluding hydrogens is 224 g/mol. The summed E-state index contributed by atoms with van der Waals surface area (Å²) in [7, 11) is 0. The van der Waals surface area contributed by atoms with E-state index in [1.807, 2.05) is 18.3 Å². The number of likely N-dealkylation sites (tertiary alicyclic amines) is 1. The first kappa shape index (κ1) is 11.6. The minimum Gasteiger partial charge on any atom is -0.507 e. The van der Waals surface area contributed by atoms with Gasteiger partial charge < -0.3 is 10.1 Å².